The number of hydrogen-bond donors (Lipinski definition) is 6. The maximum atomic E-state index is 14.5. The molecule has 3 heterocycles. The van der Waals surface area contributed by atoms with Crippen LogP contribution in [0.5, 0.6) is 0 Å². The third kappa shape index (κ3) is 10.1. The van der Waals surface area contributed by atoms with Gasteiger partial charge >= 0.3 is 6.09 Å². The van der Waals surface area contributed by atoms with Gasteiger partial charge in [0.05, 0.1) is 29.5 Å². The van der Waals surface area contributed by atoms with Gasteiger partial charge < -0.3 is 36.8 Å². The van der Waals surface area contributed by atoms with Gasteiger partial charge in [-0.2, -0.15) is 0 Å². The zero-order valence-corrected chi connectivity index (χ0v) is 28.4. The SMILES string of the molecule is CC(C)(O)c1cnnn1[C@H]1C[C@@H](C(=O)NC(CCCCNC(=O)O)C(=O)C(N)=O)N(C(=O)C(CC2CCCCC2)NC(=O)c2cccnc2)C1. The van der Waals surface area contributed by atoms with Crippen LogP contribution in [0, 0.1) is 5.92 Å². The number of amides is 5. The van der Waals surface area contributed by atoms with E-state index in [1.54, 1.807) is 26.0 Å². The Morgan fingerprint density at radius 2 is 1.78 bits per heavy atom. The number of nitrogens with zero attached hydrogens (tertiary/aromatic N) is 5. The molecule has 0 aromatic carbocycles. The summed E-state index contributed by atoms with van der Waals surface area (Å²) in [6.07, 6.45) is 9.00. The number of nitrogens with two attached hydrogens (primary N) is 1. The van der Waals surface area contributed by atoms with Crippen molar-refractivity contribution in [3.8, 4) is 0 Å². The quantitative estimate of drug-likeness (QED) is 0.106. The number of nitrogens with one attached hydrogen (secondary N) is 3. The van der Waals surface area contributed by atoms with Crippen LogP contribution in [-0.2, 0) is 24.8 Å². The van der Waals surface area contributed by atoms with Gasteiger partial charge in [-0.1, -0.05) is 37.3 Å². The smallest absolute Gasteiger partial charge is 0.404 e. The van der Waals surface area contributed by atoms with Crippen LogP contribution in [0.1, 0.15) is 100 Å². The Kier molecular flexibility index (Phi) is 13.0. The predicted molar refractivity (Wildman–Crippen MR) is 177 cm³/mol. The van der Waals surface area contributed by atoms with Gasteiger partial charge in [0, 0.05) is 31.9 Å². The number of rotatable bonds is 16. The first kappa shape index (κ1) is 37.9. The van der Waals surface area contributed by atoms with Crippen molar-refractivity contribution in [1.29, 1.82) is 0 Å². The average Bonchev–Trinajstić information content (AvgIpc) is 3.76. The minimum Gasteiger partial charge on any atom is -0.465 e. The molecular weight excluding hydrogens is 650 g/mol. The molecule has 1 saturated heterocycles. The Bertz CT molecular complexity index is 1520. The average molecular weight is 698 g/mol. The van der Waals surface area contributed by atoms with E-state index in [2.05, 4.69) is 31.2 Å². The first-order valence-electron chi connectivity index (χ1n) is 17.0. The summed E-state index contributed by atoms with van der Waals surface area (Å²) >= 11 is 0. The molecule has 272 valence electrons. The van der Waals surface area contributed by atoms with E-state index in [-0.39, 0.29) is 43.8 Å². The summed E-state index contributed by atoms with van der Waals surface area (Å²) in [7, 11) is 0. The van der Waals surface area contributed by atoms with Gasteiger partial charge in [0.1, 0.15) is 17.7 Å². The van der Waals surface area contributed by atoms with Crippen LogP contribution in [0.2, 0.25) is 0 Å². The Morgan fingerprint density at radius 3 is 2.42 bits per heavy atom. The fourth-order valence-corrected chi connectivity index (χ4v) is 6.73. The molecular formula is C33H47N9O8. The number of carbonyl (C=O) groups excluding carboxylic acids is 5. The monoisotopic (exact) mass is 697 g/mol. The first-order valence-corrected chi connectivity index (χ1v) is 17.0. The number of pyridine rings is 1. The van der Waals surface area contributed by atoms with Gasteiger partial charge in [-0.15, -0.1) is 5.10 Å². The molecule has 0 bridgehead atoms. The molecule has 1 aliphatic carbocycles. The molecule has 2 aliphatic rings. The molecule has 2 aromatic rings. The topological polar surface area (TPSA) is 252 Å². The highest BCUT2D eigenvalue weighted by Gasteiger charge is 2.45. The molecule has 1 saturated carbocycles. The lowest BCUT2D eigenvalue weighted by Gasteiger charge is -2.32. The standard InChI is InChI=1S/C33H47N9O8/c1-33(2,50)26-18-37-40-42(26)22-16-25(30(46)38-23(27(43)28(34)44)12-6-7-14-36-32(48)49)41(19-22)31(47)24(15-20-9-4-3-5-10-20)39-29(45)21-11-8-13-35-17-21/h8,11,13,17-18,20,22-25,36,50H,3-7,9-10,12,14-16,19H2,1-2H3,(H2,34,44)(H,38,46)(H,39,45)(H,48,49)/t22-,23?,24?,25-/m0/s1. The Labute approximate surface area is 289 Å². The number of likely N-dealkylation sites (tertiary alicyclic amines) is 1. The summed E-state index contributed by atoms with van der Waals surface area (Å²) in [6.45, 7) is 3.19. The number of unbranched alkanes of at least 4 members (excludes halogenated alkanes) is 1. The van der Waals surface area contributed by atoms with Crippen molar-refractivity contribution in [2.45, 2.75) is 108 Å². The van der Waals surface area contributed by atoms with E-state index in [1.165, 1.54) is 28.2 Å². The summed E-state index contributed by atoms with van der Waals surface area (Å²) in [4.78, 5) is 82.8. The van der Waals surface area contributed by atoms with E-state index in [9.17, 15) is 33.9 Å². The van der Waals surface area contributed by atoms with E-state index in [0.29, 0.717) is 18.5 Å². The number of aliphatic hydroxyl groups is 1. The zero-order chi connectivity index (χ0) is 36.4. The van der Waals surface area contributed by atoms with Crippen LogP contribution in [0.3, 0.4) is 0 Å². The van der Waals surface area contributed by atoms with Crippen molar-refractivity contribution in [3.63, 3.8) is 0 Å². The summed E-state index contributed by atoms with van der Waals surface area (Å²) in [5.41, 5.74) is 4.57. The van der Waals surface area contributed by atoms with Crippen LogP contribution in [-0.4, -0.2) is 102 Å². The van der Waals surface area contributed by atoms with E-state index in [1.807, 2.05) is 0 Å². The summed E-state index contributed by atoms with van der Waals surface area (Å²) in [5, 5.41) is 35.4. The van der Waals surface area contributed by atoms with Gasteiger partial charge in [0.2, 0.25) is 17.6 Å². The largest absolute Gasteiger partial charge is 0.465 e. The van der Waals surface area contributed by atoms with Crippen molar-refractivity contribution in [3.05, 3.63) is 42.0 Å². The lowest BCUT2D eigenvalue weighted by Crippen LogP contribution is -2.56. The fraction of sp³-hybridized carbons (Fsp3) is 0.606. The van der Waals surface area contributed by atoms with Crippen molar-refractivity contribution in [1.82, 2.24) is 40.8 Å². The van der Waals surface area contributed by atoms with Gasteiger partial charge in [0.25, 0.3) is 11.8 Å². The number of carbonyl (C=O) groups is 6. The maximum Gasteiger partial charge on any atom is 0.404 e. The molecule has 5 amide bonds. The van der Waals surface area contributed by atoms with Crippen LogP contribution >= 0.6 is 0 Å². The Balaban J connectivity index is 1.63. The Hall–Kier alpha value is -4.93. The first-order chi connectivity index (χ1) is 23.8. The van der Waals surface area contributed by atoms with Crippen LogP contribution in [0.15, 0.2) is 30.7 Å². The highest BCUT2D eigenvalue weighted by atomic mass is 16.4. The lowest BCUT2D eigenvalue weighted by molar-refractivity contribution is -0.142. The molecule has 0 radical (unpaired) electrons. The molecule has 2 aromatic heterocycles. The molecule has 50 heavy (non-hydrogen) atoms. The molecule has 2 fully saturated rings. The minimum atomic E-state index is -1.35. The number of Topliss-reactive ketones (excluding diaryl/α,β-unsaturated/α-hetero) is 1. The second-order valence-electron chi connectivity index (χ2n) is 13.5. The molecule has 17 nitrogen and oxygen atoms in total. The van der Waals surface area contributed by atoms with Gasteiger partial charge in [-0.25, -0.2) is 9.48 Å². The van der Waals surface area contributed by atoms with E-state index >= 15 is 0 Å². The second kappa shape index (κ2) is 17.1. The number of hydrogen-bond acceptors (Lipinski definition) is 10. The number of carboxylic acid groups (broad SMARTS) is 1. The normalized spacial score (nSPS) is 19.3. The summed E-state index contributed by atoms with van der Waals surface area (Å²) in [5.74, 6) is -3.82. The predicted octanol–water partition coefficient (Wildman–Crippen LogP) is 0.789. The number of aromatic nitrogens is 4. The van der Waals surface area contributed by atoms with Gasteiger partial charge in [-0.3, -0.25) is 29.0 Å². The van der Waals surface area contributed by atoms with Crippen molar-refractivity contribution in [2.24, 2.45) is 11.7 Å². The van der Waals surface area contributed by atoms with E-state index in [4.69, 9.17) is 10.8 Å². The van der Waals surface area contributed by atoms with Gasteiger partial charge in [0.15, 0.2) is 0 Å². The highest BCUT2D eigenvalue weighted by molar-refractivity contribution is 6.37. The highest BCUT2D eigenvalue weighted by Crippen LogP contribution is 2.33. The second-order valence-corrected chi connectivity index (χ2v) is 13.5. The van der Waals surface area contributed by atoms with Crippen LogP contribution < -0.4 is 21.7 Å². The molecule has 0 spiro atoms. The van der Waals surface area contributed by atoms with E-state index in [0.717, 1.165) is 32.1 Å². The summed E-state index contributed by atoms with van der Waals surface area (Å²) < 4.78 is 1.47. The number of ketones is 1. The maximum absolute atomic E-state index is 14.5. The molecule has 4 rings (SSSR count). The van der Waals surface area contributed by atoms with Crippen LogP contribution in [0.4, 0.5) is 4.79 Å². The third-order valence-electron chi connectivity index (χ3n) is 9.30. The van der Waals surface area contributed by atoms with Crippen LogP contribution in [0.25, 0.3) is 0 Å². The third-order valence-corrected chi connectivity index (χ3v) is 9.30. The van der Waals surface area contributed by atoms with Crippen molar-refractivity contribution < 1.29 is 39.0 Å². The zero-order valence-electron chi connectivity index (χ0n) is 28.4. The summed E-state index contributed by atoms with van der Waals surface area (Å²) in [6, 6.07) is -0.883. The molecule has 17 heteroatoms. The van der Waals surface area contributed by atoms with Gasteiger partial charge in [-0.05, 0) is 57.6 Å². The van der Waals surface area contributed by atoms with Crippen molar-refractivity contribution >= 4 is 35.5 Å². The minimum absolute atomic E-state index is 0.00366. The fourth-order valence-electron chi connectivity index (χ4n) is 6.73. The molecule has 7 N–H and O–H groups in total. The lowest BCUT2D eigenvalue weighted by atomic mass is 9.84. The molecule has 1 aliphatic heterocycles. The number of primary amides is 1. The Morgan fingerprint density at radius 1 is 1.04 bits per heavy atom. The molecule has 2 unspecified atom stereocenters. The van der Waals surface area contributed by atoms with E-state index < -0.39 is 65.3 Å². The van der Waals surface area contributed by atoms with Crippen molar-refractivity contribution in [2.75, 3.05) is 13.1 Å². The molecule has 4 atom stereocenters.